The minimum absolute atomic E-state index is 0.180. The fourth-order valence-electron chi connectivity index (χ4n) is 3.72. The number of nitrogens with two attached hydrogens (primary N) is 1. The number of nitrogens with zero attached hydrogens (tertiary/aromatic N) is 3. The summed E-state index contributed by atoms with van der Waals surface area (Å²) < 4.78 is 19.7. The molecule has 0 bridgehead atoms. The molecule has 2 aliphatic heterocycles. The number of anilines is 2. The number of piperazine rings is 1. The SMILES string of the molecule is CC(C)(C)OC(=O)N1CCN(c2cc3c(cc2N)CN(CC(F)C(C)(C)O)C3=O)CC1. The molecule has 1 fully saturated rings. The monoisotopic (exact) mass is 436 g/mol. The lowest BCUT2D eigenvalue weighted by Gasteiger charge is -2.37. The molecular formula is C22H33FN4O4. The van der Waals surface area contributed by atoms with Crippen LogP contribution in [0.3, 0.4) is 0 Å². The number of hydrogen-bond donors (Lipinski definition) is 2. The van der Waals surface area contributed by atoms with Gasteiger partial charge in [0.15, 0.2) is 0 Å². The molecule has 9 heteroatoms. The Morgan fingerprint density at radius 1 is 1.19 bits per heavy atom. The first kappa shape index (κ1) is 23.1. The zero-order chi connectivity index (χ0) is 23.1. The normalized spacial score (nSPS) is 18.3. The van der Waals surface area contributed by atoms with Crippen LogP contribution in [-0.4, -0.2) is 77.0 Å². The van der Waals surface area contributed by atoms with Gasteiger partial charge in [-0.25, -0.2) is 9.18 Å². The molecule has 2 heterocycles. The molecule has 1 atom stereocenters. The van der Waals surface area contributed by atoms with Crippen molar-refractivity contribution in [3.05, 3.63) is 23.3 Å². The number of fused-ring (bicyclic) bond motifs is 1. The van der Waals surface area contributed by atoms with Crippen LogP contribution < -0.4 is 10.6 Å². The van der Waals surface area contributed by atoms with E-state index in [0.717, 1.165) is 11.3 Å². The van der Waals surface area contributed by atoms with Crippen LogP contribution >= 0.6 is 0 Å². The summed E-state index contributed by atoms with van der Waals surface area (Å²) in [5, 5.41) is 9.85. The van der Waals surface area contributed by atoms with Crippen LogP contribution in [0.4, 0.5) is 20.6 Å². The summed E-state index contributed by atoms with van der Waals surface area (Å²) in [6.45, 7) is 10.5. The quantitative estimate of drug-likeness (QED) is 0.703. The minimum atomic E-state index is -1.55. The van der Waals surface area contributed by atoms with E-state index in [1.165, 1.54) is 18.7 Å². The number of halogens is 1. The Bertz CT molecular complexity index is 854. The summed E-state index contributed by atoms with van der Waals surface area (Å²) in [5.74, 6) is -0.268. The molecule has 31 heavy (non-hydrogen) atoms. The summed E-state index contributed by atoms with van der Waals surface area (Å²) >= 11 is 0. The van der Waals surface area contributed by atoms with Gasteiger partial charge in [-0.3, -0.25) is 4.79 Å². The lowest BCUT2D eigenvalue weighted by molar-refractivity contribution is -0.0159. The third kappa shape index (κ3) is 5.20. The molecule has 1 aromatic carbocycles. The van der Waals surface area contributed by atoms with Crippen molar-refractivity contribution >= 4 is 23.4 Å². The number of carbonyl (C=O) groups excluding carboxylic acids is 2. The van der Waals surface area contributed by atoms with Gasteiger partial charge in [0.25, 0.3) is 5.91 Å². The molecule has 0 aromatic heterocycles. The number of nitrogen functional groups attached to an aromatic ring is 1. The van der Waals surface area contributed by atoms with E-state index in [4.69, 9.17) is 10.5 Å². The van der Waals surface area contributed by atoms with E-state index in [2.05, 4.69) is 0 Å². The van der Waals surface area contributed by atoms with Gasteiger partial charge >= 0.3 is 6.09 Å². The maximum Gasteiger partial charge on any atom is 0.410 e. The van der Waals surface area contributed by atoms with Crippen LogP contribution in [0.2, 0.25) is 0 Å². The summed E-state index contributed by atoms with van der Waals surface area (Å²) in [6.07, 6.45) is -1.89. The molecular weight excluding hydrogens is 403 g/mol. The highest BCUT2D eigenvalue weighted by atomic mass is 19.1. The number of benzene rings is 1. The first-order valence-electron chi connectivity index (χ1n) is 10.6. The van der Waals surface area contributed by atoms with Gasteiger partial charge in [0, 0.05) is 38.3 Å². The Morgan fingerprint density at radius 2 is 1.81 bits per heavy atom. The fourth-order valence-corrected chi connectivity index (χ4v) is 3.72. The molecule has 1 unspecified atom stereocenters. The van der Waals surface area contributed by atoms with Gasteiger partial charge in [-0.1, -0.05) is 0 Å². The van der Waals surface area contributed by atoms with E-state index in [9.17, 15) is 19.1 Å². The lowest BCUT2D eigenvalue weighted by atomic mass is 10.0. The van der Waals surface area contributed by atoms with Crippen molar-refractivity contribution in [1.82, 2.24) is 9.80 Å². The number of ether oxygens (including phenoxy) is 1. The zero-order valence-electron chi connectivity index (χ0n) is 18.9. The van der Waals surface area contributed by atoms with Crippen molar-refractivity contribution in [2.75, 3.05) is 43.4 Å². The Balaban J connectivity index is 1.69. The topological polar surface area (TPSA) is 99.3 Å². The minimum Gasteiger partial charge on any atom is -0.444 e. The molecule has 0 spiro atoms. The van der Waals surface area contributed by atoms with E-state index in [-0.39, 0.29) is 25.1 Å². The van der Waals surface area contributed by atoms with Crippen LogP contribution in [0.1, 0.15) is 50.5 Å². The number of hydrogen-bond acceptors (Lipinski definition) is 6. The van der Waals surface area contributed by atoms with E-state index in [1.54, 1.807) is 17.0 Å². The predicted octanol–water partition coefficient (Wildman–Crippen LogP) is 2.39. The van der Waals surface area contributed by atoms with Crippen molar-refractivity contribution in [2.45, 2.75) is 58.5 Å². The van der Waals surface area contributed by atoms with Gasteiger partial charge in [-0.05, 0) is 52.3 Å². The smallest absolute Gasteiger partial charge is 0.410 e. The lowest BCUT2D eigenvalue weighted by Crippen LogP contribution is -2.50. The van der Waals surface area contributed by atoms with Gasteiger partial charge in [-0.2, -0.15) is 0 Å². The van der Waals surface area contributed by atoms with Crippen molar-refractivity contribution < 1.29 is 23.8 Å². The zero-order valence-corrected chi connectivity index (χ0v) is 18.9. The second-order valence-corrected chi connectivity index (χ2v) is 9.83. The van der Waals surface area contributed by atoms with Gasteiger partial charge in [0.1, 0.15) is 11.8 Å². The van der Waals surface area contributed by atoms with E-state index in [0.29, 0.717) is 37.4 Å². The van der Waals surface area contributed by atoms with Gasteiger partial charge in [0.05, 0.1) is 23.5 Å². The van der Waals surface area contributed by atoms with Crippen LogP contribution in [0, 0.1) is 0 Å². The molecule has 1 aromatic rings. The third-order valence-electron chi connectivity index (χ3n) is 5.55. The summed E-state index contributed by atoms with van der Waals surface area (Å²) in [4.78, 5) is 30.2. The molecule has 8 nitrogen and oxygen atoms in total. The number of aliphatic hydroxyl groups is 1. The van der Waals surface area contributed by atoms with Crippen molar-refractivity contribution in [1.29, 1.82) is 0 Å². The Labute approximate surface area is 182 Å². The maximum atomic E-state index is 14.3. The first-order chi connectivity index (χ1) is 14.3. The van der Waals surface area contributed by atoms with E-state index >= 15 is 0 Å². The largest absolute Gasteiger partial charge is 0.444 e. The highest BCUT2D eigenvalue weighted by Crippen LogP contribution is 2.34. The van der Waals surface area contributed by atoms with Crippen LogP contribution in [-0.2, 0) is 11.3 Å². The summed E-state index contributed by atoms with van der Waals surface area (Å²) in [7, 11) is 0. The molecule has 3 N–H and O–H groups in total. The fraction of sp³-hybridized carbons (Fsp3) is 0.636. The number of carbonyl (C=O) groups is 2. The second kappa shape index (κ2) is 8.18. The average Bonchev–Trinajstić information content (AvgIpc) is 2.93. The molecule has 3 rings (SSSR count). The van der Waals surface area contributed by atoms with Gasteiger partial charge in [-0.15, -0.1) is 0 Å². The van der Waals surface area contributed by atoms with Crippen molar-refractivity contribution in [3.63, 3.8) is 0 Å². The van der Waals surface area contributed by atoms with Crippen LogP contribution in [0.5, 0.6) is 0 Å². The van der Waals surface area contributed by atoms with Gasteiger partial charge in [0.2, 0.25) is 0 Å². The summed E-state index contributed by atoms with van der Waals surface area (Å²) in [6, 6.07) is 3.52. The number of rotatable bonds is 4. The third-order valence-corrected chi connectivity index (χ3v) is 5.55. The molecule has 2 amide bonds. The van der Waals surface area contributed by atoms with Gasteiger partial charge < -0.3 is 30.3 Å². The number of alkyl halides is 1. The van der Waals surface area contributed by atoms with E-state index in [1.807, 2.05) is 25.7 Å². The highest BCUT2D eigenvalue weighted by Gasteiger charge is 2.35. The predicted molar refractivity (Wildman–Crippen MR) is 117 cm³/mol. The highest BCUT2D eigenvalue weighted by molar-refractivity contribution is 6.00. The molecule has 0 saturated carbocycles. The number of amides is 2. The first-order valence-corrected chi connectivity index (χ1v) is 10.6. The van der Waals surface area contributed by atoms with Crippen LogP contribution in [0.25, 0.3) is 0 Å². The van der Waals surface area contributed by atoms with Crippen LogP contribution in [0.15, 0.2) is 12.1 Å². The Kier molecular flexibility index (Phi) is 6.10. The van der Waals surface area contributed by atoms with Crippen molar-refractivity contribution in [2.24, 2.45) is 0 Å². The molecule has 0 aliphatic carbocycles. The summed E-state index contributed by atoms with van der Waals surface area (Å²) in [5.41, 5.74) is 6.73. The Morgan fingerprint density at radius 3 is 2.35 bits per heavy atom. The molecule has 2 aliphatic rings. The molecule has 1 saturated heterocycles. The second-order valence-electron chi connectivity index (χ2n) is 9.83. The van der Waals surface area contributed by atoms with Crippen molar-refractivity contribution in [3.8, 4) is 0 Å². The molecule has 172 valence electrons. The standard InChI is InChI=1S/C22H33FN4O4/c1-21(2,3)31-20(29)26-8-6-25(7-9-26)17-11-15-14(10-16(17)24)12-27(19(15)28)13-18(23)22(4,5)30/h10-11,18,30H,6-9,12-13,24H2,1-5H3. The Hall–Kier alpha value is -2.55. The average molecular weight is 437 g/mol. The van der Waals surface area contributed by atoms with E-state index < -0.39 is 17.4 Å². The maximum absolute atomic E-state index is 14.3. The molecule has 0 radical (unpaired) electrons.